The number of H-pyrrole nitrogens is 1. The summed E-state index contributed by atoms with van der Waals surface area (Å²) in [5.41, 5.74) is 0.601. The second-order valence-electron chi connectivity index (χ2n) is 3.76. The summed E-state index contributed by atoms with van der Waals surface area (Å²) in [5, 5.41) is 15.1. The molecule has 0 atom stereocenters. The van der Waals surface area contributed by atoms with E-state index < -0.39 is 16.0 Å². The van der Waals surface area contributed by atoms with Crippen LogP contribution in [0.4, 0.5) is 0 Å². The number of carboxylic acids is 1. The predicted molar refractivity (Wildman–Crippen MR) is 66.0 cm³/mol. The summed E-state index contributed by atoms with van der Waals surface area (Å²) >= 11 is 0. The SMILES string of the molecule is O=C(O)c1cccc(S(=O)(=O)NCc2cn[nH]c2)c1. The van der Waals surface area contributed by atoms with Crippen LogP contribution in [0.15, 0.2) is 41.6 Å². The average Bonchev–Trinajstić information content (AvgIpc) is 2.90. The Hall–Kier alpha value is -2.19. The fourth-order valence-corrected chi connectivity index (χ4v) is 2.50. The fraction of sp³-hybridized carbons (Fsp3) is 0.0909. The number of hydrogen-bond donors (Lipinski definition) is 3. The smallest absolute Gasteiger partial charge is 0.335 e. The molecule has 100 valence electrons. The average molecular weight is 281 g/mol. The minimum absolute atomic E-state index is 0.0776. The van der Waals surface area contributed by atoms with E-state index in [1.54, 1.807) is 6.20 Å². The Morgan fingerprint density at radius 2 is 2.21 bits per heavy atom. The number of aromatic nitrogens is 2. The van der Waals surface area contributed by atoms with Crippen molar-refractivity contribution in [3.8, 4) is 0 Å². The third-order valence-corrected chi connectivity index (χ3v) is 3.81. The van der Waals surface area contributed by atoms with Crippen molar-refractivity contribution in [3.05, 3.63) is 47.8 Å². The molecule has 19 heavy (non-hydrogen) atoms. The number of benzene rings is 1. The molecule has 0 amide bonds. The Kier molecular flexibility index (Phi) is 3.63. The summed E-state index contributed by atoms with van der Waals surface area (Å²) < 4.78 is 26.3. The van der Waals surface area contributed by atoms with Gasteiger partial charge in [-0.3, -0.25) is 5.10 Å². The molecule has 7 nitrogen and oxygen atoms in total. The van der Waals surface area contributed by atoms with E-state index in [-0.39, 0.29) is 17.0 Å². The second-order valence-corrected chi connectivity index (χ2v) is 5.53. The maximum Gasteiger partial charge on any atom is 0.335 e. The summed E-state index contributed by atoms with van der Waals surface area (Å²) in [5.74, 6) is -1.17. The highest BCUT2D eigenvalue weighted by Crippen LogP contribution is 2.12. The van der Waals surface area contributed by atoms with Gasteiger partial charge in [0.1, 0.15) is 0 Å². The van der Waals surface area contributed by atoms with E-state index in [4.69, 9.17) is 5.11 Å². The molecule has 0 aliphatic rings. The van der Waals surface area contributed by atoms with E-state index in [0.29, 0.717) is 5.56 Å². The van der Waals surface area contributed by atoms with Crippen molar-refractivity contribution in [2.24, 2.45) is 0 Å². The number of carbonyl (C=O) groups is 1. The number of carboxylic acid groups (broad SMARTS) is 1. The molecule has 1 aromatic carbocycles. The zero-order valence-electron chi connectivity index (χ0n) is 9.70. The molecule has 0 saturated carbocycles. The van der Waals surface area contributed by atoms with Crippen LogP contribution in [0.2, 0.25) is 0 Å². The lowest BCUT2D eigenvalue weighted by Gasteiger charge is -2.06. The summed E-state index contributed by atoms with van der Waals surface area (Å²) in [6, 6.07) is 5.16. The molecule has 1 aromatic heterocycles. The quantitative estimate of drug-likeness (QED) is 0.742. The lowest BCUT2D eigenvalue weighted by molar-refractivity contribution is 0.0696. The van der Waals surface area contributed by atoms with Crippen LogP contribution in [0.1, 0.15) is 15.9 Å². The highest BCUT2D eigenvalue weighted by Gasteiger charge is 2.15. The third kappa shape index (κ3) is 3.18. The number of hydrogen-bond acceptors (Lipinski definition) is 4. The third-order valence-electron chi connectivity index (χ3n) is 2.41. The molecule has 0 bridgehead atoms. The first-order valence-corrected chi connectivity index (χ1v) is 6.78. The van der Waals surface area contributed by atoms with Crippen LogP contribution < -0.4 is 4.72 Å². The van der Waals surface area contributed by atoms with Gasteiger partial charge in [-0.1, -0.05) is 6.07 Å². The molecule has 8 heteroatoms. The van der Waals surface area contributed by atoms with Crippen molar-refractivity contribution in [2.75, 3.05) is 0 Å². The molecule has 1 heterocycles. The van der Waals surface area contributed by atoms with E-state index in [2.05, 4.69) is 14.9 Å². The maximum absolute atomic E-state index is 12.0. The zero-order valence-corrected chi connectivity index (χ0v) is 10.5. The fourth-order valence-electron chi connectivity index (χ4n) is 1.43. The summed E-state index contributed by atoms with van der Waals surface area (Å²) in [4.78, 5) is 10.7. The zero-order chi connectivity index (χ0) is 13.9. The Labute approximate surface area is 109 Å². The van der Waals surface area contributed by atoms with Crippen LogP contribution in [0.5, 0.6) is 0 Å². The topological polar surface area (TPSA) is 112 Å². The molecule has 0 saturated heterocycles. The first kappa shape index (κ1) is 13.2. The number of aromatic carboxylic acids is 1. The lowest BCUT2D eigenvalue weighted by Crippen LogP contribution is -2.23. The number of nitrogens with zero attached hydrogens (tertiary/aromatic N) is 1. The van der Waals surface area contributed by atoms with Gasteiger partial charge in [-0.15, -0.1) is 0 Å². The van der Waals surface area contributed by atoms with E-state index >= 15 is 0 Å². The van der Waals surface area contributed by atoms with E-state index in [0.717, 1.165) is 6.07 Å². The monoisotopic (exact) mass is 281 g/mol. The van der Waals surface area contributed by atoms with Gasteiger partial charge < -0.3 is 5.11 Å². The van der Waals surface area contributed by atoms with Crippen LogP contribution in [0.3, 0.4) is 0 Å². The largest absolute Gasteiger partial charge is 0.478 e. The molecule has 0 aliphatic carbocycles. The van der Waals surface area contributed by atoms with Crippen LogP contribution in [0, 0.1) is 0 Å². The lowest BCUT2D eigenvalue weighted by atomic mass is 10.2. The normalized spacial score (nSPS) is 11.4. The van der Waals surface area contributed by atoms with Gasteiger partial charge in [0, 0.05) is 18.3 Å². The molecule has 0 fully saturated rings. The summed E-state index contributed by atoms with van der Waals surface area (Å²) in [6.07, 6.45) is 3.06. The van der Waals surface area contributed by atoms with Crippen molar-refractivity contribution < 1.29 is 18.3 Å². The Bertz CT molecular complexity index is 680. The first-order chi connectivity index (χ1) is 8.99. The maximum atomic E-state index is 12.0. The summed E-state index contributed by atoms with van der Waals surface area (Å²) in [6.45, 7) is 0.0795. The van der Waals surface area contributed by atoms with E-state index in [1.807, 2.05) is 0 Å². The number of aromatic amines is 1. The van der Waals surface area contributed by atoms with Crippen LogP contribution in [0.25, 0.3) is 0 Å². The minimum atomic E-state index is -3.75. The van der Waals surface area contributed by atoms with Crippen molar-refractivity contribution in [1.29, 1.82) is 0 Å². The van der Waals surface area contributed by atoms with E-state index in [1.165, 1.54) is 24.4 Å². The molecule has 2 aromatic rings. The van der Waals surface area contributed by atoms with E-state index in [9.17, 15) is 13.2 Å². The van der Waals surface area contributed by atoms with Gasteiger partial charge in [-0.05, 0) is 18.2 Å². The number of rotatable bonds is 5. The van der Waals surface area contributed by atoms with Gasteiger partial charge in [-0.25, -0.2) is 17.9 Å². The van der Waals surface area contributed by atoms with Gasteiger partial charge in [0.2, 0.25) is 10.0 Å². The molecule has 0 spiro atoms. The summed E-state index contributed by atoms with van der Waals surface area (Å²) in [7, 11) is -3.75. The predicted octanol–water partition coefficient (Wildman–Crippen LogP) is 0.586. The Morgan fingerprint density at radius 3 is 2.84 bits per heavy atom. The molecular weight excluding hydrogens is 270 g/mol. The molecule has 0 radical (unpaired) electrons. The van der Waals surface area contributed by atoms with Gasteiger partial charge in [0.05, 0.1) is 16.7 Å². The molecule has 0 unspecified atom stereocenters. The van der Waals surface area contributed by atoms with Crippen molar-refractivity contribution in [1.82, 2.24) is 14.9 Å². The van der Waals surface area contributed by atoms with Crippen LogP contribution in [-0.2, 0) is 16.6 Å². The second kappa shape index (κ2) is 5.21. The standard InChI is InChI=1S/C11H11N3O4S/c15-11(16)9-2-1-3-10(4-9)19(17,18)14-7-8-5-12-13-6-8/h1-6,14H,7H2,(H,12,13)(H,15,16). The molecule has 3 N–H and O–H groups in total. The van der Waals surface area contributed by atoms with Crippen LogP contribution in [-0.4, -0.2) is 29.7 Å². The number of sulfonamides is 1. The first-order valence-electron chi connectivity index (χ1n) is 5.30. The highest BCUT2D eigenvalue weighted by atomic mass is 32.2. The van der Waals surface area contributed by atoms with Gasteiger partial charge in [0.15, 0.2) is 0 Å². The Morgan fingerprint density at radius 1 is 1.42 bits per heavy atom. The van der Waals surface area contributed by atoms with Gasteiger partial charge in [-0.2, -0.15) is 5.10 Å². The van der Waals surface area contributed by atoms with Crippen LogP contribution >= 0.6 is 0 Å². The van der Waals surface area contributed by atoms with Crippen molar-refractivity contribution in [2.45, 2.75) is 11.4 Å². The molecule has 0 aliphatic heterocycles. The Balaban J connectivity index is 2.19. The highest BCUT2D eigenvalue weighted by molar-refractivity contribution is 7.89. The number of nitrogens with one attached hydrogen (secondary N) is 2. The van der Waals surface area contributed by atoms with Gasteiger partial charge >= 0.3 is 5.97 Å². The minimum Gasteiger partial charge on any atom is -0.478 e. The molecule has 2 rings (SSSR count). The molecular formula is C11H11N3O4S. The van der Waals surface area contributed by atoms with Gasteiger partial charge in [0.25, 0.3) is 0 Å². The van der Waals surface area contributed by atoms with Crippen molar-refractivity contribution >= 4 is 16.0 Å². The van der Waals surface area contributed by atoms with Crippen molar-refractivity contribution in [3.63, 3.8) is 0 Å².